The van der Waals surface area contributed by atoms with Crippen LogP contribution in [0.25, 0.3) is 6.08 Å². The molecule has 32 heavy (non-hydrogen) atoms. The molecule has 1 aliphatic heterocycles. The van der Waals surface area contributed by atoms with E-state index < -0.39 is 0 Å². The Labute approximate surface area is 196 Å². The number of hydrogen-bond donors (Lipinski definition) is 0. The van der Waals surface area contributed by atoms with Gasteiger partial charge in [0, 0.05) is 0 Å². The molecule has 0 unspecified atom stereocenters. The molecule has 0 saturated carbocycles. The summed E-state index contributed by atoms with van der Waals surface area (Å²) in [6, 6.07) is 22.7. The summed E-state index contributed by atoms with van der Waals surface area (Å²) in [5.41, 5.74) is 2.59. The van der Waals surface area contributed by atoms with Crippen molar-refractivity contribution in [2.75, 3.05) is 14.2 Å². The topological polar surface area (TPSA) is 51.1 Å². The van der Waals surface area contributed by atoms with E-state index in [2.05, 4.69) is 0 Å². The normalized spacial score (nSPS) is 16.1. The van der Waals surface area contributed by atoms with Gasteiger partial charge in [0.25, 0.3) is 5.91 Å². The summed E-state index contributed by atoms with van der Waals surface area (Å²) >= 11 is 7.61. The third kappa shape index (κ3) is 4.98. The molecule has 5 nitrogen and oxygen atoms in total. The Morgan fingerprint density at radius 2 is 1.75 bits per heavy atom. The smallest absolute Gasteiger partial charge is 0.267 e. The van der Waals surface area contributed by atoms with Crippen molar-refractivity contribution >= 4 is 46.2 Å². The Kier molecular flexibility index (Phi) is 6.83. The molecule has 0 radical (unpaired) electrons. The number of para-hydroxylation sites is 1. The van der Waals surface area contributed by atoms with Gasteiger partial charge >= 0.3 is 0 Å². The monoisotopic (exact) mass is 464 g/mol. The van der Waals surface area contributed by atoms with Gasteiger partial charge in [-0.05, 0) is 65.4 Å². The number of carbonyl (C=O) groups is 1. The van der Waals surface area contributed by atoms with Crippen LogP contribution in [0.3, 0.4) is 0 Å². The lowest BCUT2D eigenvalue weighted by Crippen LogP contribution is -2.28. The minimum Gasteiger partial charge on any atom is -0.497 e. The standard InChI is InChI=1S/C25H21ClN2O3S/c1-30-20-11-8-17(9-12-20)16-28-24(29)23(15-18-10-13-22(31-2)21(26)14-18)32-25(28)27-19-6-4-3-5-7-19/h3-15H,16H2,1-2H3/b23-15-,27-25?. The largest absolute Gasteiger partial charge is 0.497 e. The van der Waals surface area contributed by atoms with Crippen LogP contribution in [0.1, 0.15) is 11.1 Å². The maximum atomic E-state index is 13.3. The van der Waals surface area contributed by atoms with Crippen LogP contribution in [0.5, 0.6) is 11.5 Å². The highest BCUT2D eigenvalue weighted by Crippen LogP contribution is 2.36. The van der Waals surface area contributed by atoms with Gasteiger partial charge in [-0.15, -0.1) is 0 Å². The van der Waals surface area contributed by atoms with Gasteiger partial charge in [0.1, 0.15) is 11.5 Å². The predicted octanol–water partition coefficient (Wildman–Crippen LogP) is 6.16. The number of halogens is 1. The van der Waals surface area contributed by atoms with Crippen LogP contribution in [-0.4, -0.2) is 30.2 Å². The van der Waals surface area contributed by atoms with Crippen molar-refractivity contribution in [3.05, 3.63) is 93.9 Å². The zero-order valence-electron chi connectivity index (χ0n) is 17.6. The van der Waals surface area contributed by atoms with Gasteiger partial charge < -0.3 is 9.47 Å². The van der Waals surface area contributed by atoms with E-state index in [0.717, 1.165) is 22.6 Å². The molecule has 4 rings (SSSR count). The maximum Gasteiger partial charge on any atom is 0.267 e. The number of carbonyl (C=O) groups excluding carboxylic acids is 1. The molecule has 0 atom stereocenters. The number of thioether (sulfide) groups is 1. The van der Waals surface area contributed by atoms with E-state index in [9.17, 15) is 4.79 Å². The van der Waals surface area contributed by atoms with Gasteiger partial charge in [0.05, 0.1) is 36.4 Å². The lowest BCUT2D eigenvalue weighted by molar-refractivity contribution is -0.122. The zero-order valence-corrected chi connectivity index (χ0v) is 19.2. The van der Waals surface area contributed by atoms with Gasteiger partial charge in [0.15, 0.2) is 5.17 Å². The molecule has 1 amide bonds. The van der Waals surface area contributed by atoms with E-state index in [4.69, 9.17) is 26.1 Å². The molecule has 3 aromatic carbocycles. The average molecular weight is 465 g/mol. The highest BCUT2D eigenvalue weighted by Gasteiger charge is 2.33. The summed E-state index contributed by atoms with van der Waals surface area (Å²) in [6.07, 6.45) is 1.83. The molecular weight excluding hydrogens is 444 g/mol. The molecule has 0 aromatic heterocycles. The Morgan fingerprint density at radius 3 is 2.41 bits per heavy atom. The van der Waals surface area contributed by atoms with Crippen LogP contribution in [0, 0.1) is 0 Å². The molecule has 1 aliphatic rings. The molecule has 3 aromatic rings. The van der Waals surface area contributed by atoms with E-state index >= 15 is 0 Å². The first-order valence-electron chi connectivity index (χ1n) is 9.89. The first-order chi connectivity index (χ1) is 15.6. The fraction of sp³-hybridized carbons (Fsp3) is 0.120. The zero-order chi connectivity index (χ0) is 22.5. The lowest BCUT2D eigenvalue weighted by atomic mass is 10.2. The van der Waals surface area contributed by atoms with Crippen molar-refractivity contribution < 1.29 is 14.3 Å². The maximum absolute atomic E-state index is 13.3. The number of hydrogen-bond acceptors (Lipinski definition) is 5. The number of rotatable bonds is 6. The van der Waals surface area contributed by atoms with Gasteiger partial charge in [0.2, 0.25) is 0 Å². The predicted molar refractivity (Wildman–Crippen MR) is 131 cm³/mol. The lowest BCUT2D eigenvalue weighted by Gasteiger charge is -2.16. The van der Waals surface area contributed by atoms with Gasteiger partial charge in [-0.1, -0.05) is 48.0 Å². The van der Waals surface area contributed by atoms with Gasteiger partial charge in [-0.2, -0.15) is 0 Å². The van der Waals surface area contributed by atoms with Crippen molar-refractivity contribution in [3.8, 4) is 11.5 Å². The molecule has 1 heterocycles. The van der Waals surface area contributed by atoms with Gasteiger partial charge in [-0.25, -0.2) is 4.99 Å². The summed E-state index contributed by atoms with van der Waals surface area (Å²) in [6.45, 7) is 0.405. The third-order valence-electron chi connectivity index (χ3n) is 4.84. The molecule has 162 valence electrons. The van der Waals surface area contributed by atoms with Crippen LogP contribution in [0.2, 0.25) is 5.02 Å². The Bertz CT molecular complexity index is 1180. The van der Waals surface area contributed by atoms with Crippen molar-refractivity contribution in [2.24, 2.45) is 4.99 Å². The van der Waals surface area contributed by atoms with Crippen molar-refractivity contribution in [1.82, 2.24) is 4.90 Å². The Hall–Kier alpha value is -3.22. The molecule has 0 bridgehead atoms. The third-order valence-corrected chi connectivity index (χ3v) is 6.14. The second-order valence-electron chi connectivity index (χ2n) is 6.97. The van der Waals surface area contributed by atoms with Crippen LogP contribution >= 0.6 is 23.4 Å². The van der Waals surface area contributed by atoms with Crippen molar-refractivity contribution in [2.45, 2.75) is 6.54 Å². The van der Waals surface area contributed by atoms with E-state index in [1.54, 1.807) is 31.3 Å². The van der Waals surface area contributed by atoms with Crippen LogP contribution < -0.4 is 9.47 Å². The first kappa shape index (κ1) is 22.0. The average Bonchev–Trinajstić information content (AvgIpc) is 3.09. The highest BCUT2D eigenvalue weighted by molar-refractivity contribution is 8.18. The fourth-order valence-electron chi connectivity index (χ4n) is 3.18. The number of methoxy groups -OCH3 is 2. The first-order valence-corrected chi connectivity index (χ1v) is 11.1. The minimum absolute atomic E-state index is 0.104. The summed E-state index contributed by atoms with van der Waals surface area (Å²) in [7, 11) is 3.20. The van der Waals surface area contributed by atoms with Crippen LogP contribution in [0.4, 0.5) is 5.69 Å². The van der Waals surface area contributed by atoms with E-state index in [1.807, 2.05) is 66.7 Å². The van der Waals surface area contributed by atoms with Crippen molar-refractivity contribution in [3.63, 3.8) is 0 Å². The number of nitrogens with zero attached hydrogens (tertiary/aromatic N) is 2. The summed E-state index contributed by atoms with van der Waals surface area (Å²) in [4.78, 5) is 20.3. The molecule has 0 aliphatic carbocycles. The number of ether oxygens (including phenoxy) is 2. The molecule has 7 heteroatoms. The number of amidine groups is 1. The molecule has 0 N–H and O–H groups in total. The molecular formula is C25H21ClN2O3S. The SMILES string of the molecule is COc1ccc(CN2C(=O)/C(=C/c3ccc(OC)c(Cl)c3)SC2=Nc2ccccc2)cc1. The van der Waals surface area contributed by atoms with Crippen LogP contribution in [0.15, 0.2) is 82.7 Å². The summed E-state index contributed by atoms with van der Waals surface area (Å²) < 4.78 is 10.4. The molecule has 1 saturated heterocycles. The molecule has 1 fully saturated rings. The minimum atomic E-state index is -0.104. The number of aliphatic imine (C=N–C) groups is 1. The highest BCUT2D eigenvalue weighted by atomic mass is 35.5. The Morgan fingerprint density at radius 1 is 1.00 bits per heavy atom. The van der Waals surface area contributed by atoms with Crippen molar-refractivity contribution in [1.29, 1.82) is 0 Å². The van der Waals surface area contributed by atoms with E-state index in [-0.39, 0.29) is 5.91 Å². The second-order valence-corrected chi connectivity index (χ2v) is 8.39. The van der Waals surface area contributed by atoms with E-state index in [0.29, 0.717) is 27.4 Å². The Balaban J connectivity index is 1.67. The van der Waals surface area contributed by atoms with Crippen LogP contribution in [-0.2, 0) is 11.3 Å². The summed E-state index contributed by atoms with van der Waals surface area (Å²) in [5.74, 6) is 1.25. The number of benzene rings is 3. The molecule has 0 spiro atoms. The van der Waals surface area contributed by atoms with Gasteiger partial charge in [-0.3, -0.25) is 9.69 Å². The quantitative estimate of drug-likeness (QED) is 0.410. The summed E-state index contributed by atoms with van der Waals surface area (Å²) in [5, 5.41) is 1.12. The van der Waals surface area contributed by atoms with E-state index in [1.165, 1.54) is 11.8 Å². The fourth-order valence-corrected chi connectivity index (χ4v) is 4.45. The second kappa shape index (κ2) is 9.94. The number of amides is 1.